The molecule has 0 atom stereocenters. The molecule has 0 spiro atoms. The minimum absolute atomic E-state index is 0.112. The molecule has 2 aliphatic rings. The molecule has 0 radical (unpaired) electrons. The van der Waals surface area contributed by atoms with Gasteiger partial charge >= 0.3 is 0 Å². The molecule has 2 aliphatic heterocycles. The lowest BCUT2D eigenvalue weighted by Crippen LogP contribution is -2.45. The third-order valence-corrected chi connectivity index (χ3v) is 8.85. The Morgan fingerprint density at radius 1 is 0.971 bits per heavy atom. The molecule has 184 valence electrons. The molecule has 0 aliphatic carbocycles. The molecule has 8 heteroatoms. The molecule has 2 aromatic rings. The summed E-state index contributed by atoms with van der Waals surface area (Å²) in [5, 5.41) is 0. The van der Waals surface area contributed by atoms with E-state index in [0.717, 1.165) is 25.1 Å². The van der Waals surface area contributed by atoms with Crippen molar-refractivity contribution in [1.82, 2.24) is 4.31 Å². The van der Waals surface area contributed by atoms with Gasteiger partial charge in [0.1, 0.15) is 0 Å². The maximum absolute atomic E-state index is 13.4. The first-order chi connectivity index (χ1) is 16.3. The molecule has 34 heavy (non-hydrogen) atoms. The molecule has 2 aromatic carbocycles. The minimum atomic E-state index is -3.68. The van der Waals surface area contributed by atoms with Gasteiger partial charge < -0.3 is 14.4 Å². The maximum Gasteiger partial charge on any atom is 0.243 e. The van der Waals surface area contributed by atoms with Gasteiger partial charge in [0.25, 0.3) is 0 Å². The van der Waals surface area contributed by atoms with Gasteiger partial charge in [0.05, 0.1) is 19.1 Å². The van der Waals surface area contributed by atoms with Crippen molar-refractivity contribution < 1.29 is 22.7 Å². The van der Waals surface area contributed by atoms with Crippen molar-refractivity contribution >= 4 is 21.6 Å². The number of piperidine rings is 1. The third kappa shape index (κ3) is 4.66. The standard InChI is InChI=1S/C26H34N2O5S/c1-18(2)20-7-9-23-21(16-20)6-5-13-28(23)26(29)19-11-14-27(15-12-19)34(30,31)22-8-10-24(32-3)25(17-22)33-4/h7-10,16-19H,5-6,11-15H2,1-4H3. The first-order valence-electron chi connectivity index (χ1n) is 11.9. The number of aryl methyl sites for hydroxylation is 1. The van der Waals surface area contributed by atoms with Crippen molar-refractivity contribution in [2.45, 2.75) is 50.3 Å². The summed E-state index contributed by atoms with van der Waals surface area (Å²) >= 11 is 0. The van der Waals surface area contributed by atoms with Crippen LogP contribution in [0.3, 0.4) is 0 Å². The zero-order valence-corrected chi connectivity index (χ0v) is 21.2. The fraction of sp³-hybridized carbons (Fsp3) is 0.500. The number of benzene rings is 2. The molecular weight excluding hydrogens is 452 g/mol. The Morgan fingerprint density at radius 3 is 2.32 bits per heavy atom. The largest absolute Gasteiger partial charge is 0.493 e. The van der Waals surface area contributed by atoms with Gasteiger partial charge in [0, 0.05) is 37.3 Å². The van der Waals surface area contributed by atoms with Gasteiger partial charge in [-0.25, -0.2) is 8.42 Å². The van der Waals surface area contributed by atoms with E-state index in [0.29, 0.717) is 43.3 Å². The predicted octanol–water partition coefficient (Wildman–Crippen LogP) is 4.21. The van der Waals surface area contributed by atoms with Crippen LogP contribution in [0.5, 0.6) is 11.5 Å². The Kier molecular flexibility index (Phi) is 7.19. The monoisotopic (exact) mass is 486 g/mol. The van der Waals surface area contributed by atoms with E-state index in [1.165, 1.54) is 41.8 Å². The van der Waals surface area contributed by atoms with Crippen LogP contribution < -0.4 is 14.4 Å². The van der Waals surface area contributed by atoms with Crippen LogP contribution in [0.15, 0.2) is 41.3 Å². The molecule has 1 saturated heterocycles. The fourth-order valence-electron chi connectivity index (χ4n) is 4.89. The van der Waals surface area contributed by atoms with Gasteiger partial charge in [-0.1, -0.05) is 26.0 Å². The Labute approximate surface area is 202 Å². The Balaban J connectivity index is 1.46. The van der Waals surface area contributed by atoms with E-state index < -0.39 is 10.0 Å². The van der Waals surface area contributed by atoms with E-state index in [4.69, 9.17) is 9.47 Å². The SMILES string of the molecule is COc1ccc(S(=O)(=O)N2CCC(C(=O)N3CCCc4cc(C(C)C)ccc43)CC2)cc1OC. The minimum Gasteiger partial charge on any atom is -0.493 e. The van der Waals surface area contributed by atoms with E-state index in [2.05, 4.69) is 32.0 Å². The summed E-state index contributed by atoms with van der Waals surface area (Å²) in [6.45, 7) is 5.71. The number of sulfonamides is 1. The second kappa shape index (κ2) is 9.96. The first kappa shape index (κ1) is 24.5. The van der Waals surface area contributed by atoms with Crippen LogP contribution >= 0.6 is 0 Å². The highest BCUT2D eigenvalue weighted by atomic mass is 32.2. The molecule has 0 saturated carbocycles. The van der Waals surface area contributed by atoms with E-state index in [-0.39, 0.29) is 16.7 Å². The maximum atomic E-state index is 13.4. The Hall–Kier alpha value is -2.58. The number of nitrogens with zero attached hydrogens (tertiary/aromatic N) is 2. The van der Waals surface area contributed by atoms with Crippen LogP contribution in [-0.2, 0) is 21.2 Å². The second-order valence-electron chi connectivity index (χ2n) is 9.33. The van der Waals surface area contributed by atoms with Crippen LogP contribution in [-0.4, -0.2) is 52.5 Å². The smallest absolute Gasteiger partial charge is 0.243 e. The molecule has 1 amide bonds. The molecule has 7 nitrogen and oxygen atoms in total. The number of hydrogen-bond acceptors (Lipinski definition) is 5. The van der Waals surface area contributed by atoms with Crippen molar-refractivity contribution in [1.29, 1.82) is 0 Å². The van der Waals surface area contributed by atoms with Crippen LogP contribution in [0.4, 0.5) is 5.69 Å². The lowest BCUT2D eigenvalue weighted by atomic mass is 9.92. The highest BCUT2D eigenvalue weighted by Crippen LogP contribution is 2.35. The predicted molar refractivity (Wildman–Crippen MR) is 132 cm³/mol. The first-order valence-corrected chi connectivity index (χ1v) is 13.4. The zero-order chi connectivity index (χ0) is 24.5. The molecule has 1 fully saturated rings. The quantitative estimate of drug-likeness (QED) is 0.612. The van der Waals surface area contributed by atoms with E-state index in [9.17, 15) is 13.2 Å². The summed E-state index contributed by atoms with van der Waals surface area (Å²) in [5.41, 5.74) is 3.54. The van der Waals surface area contributed by atoms with Gasteiger partial charge in [-0.2, -0.15) is 4.31 Å². The zero-order valence-electron chi connectivity index (χ0n) is 20.4. The summed E-state index contributed by atoms with van der Waals surface area (Å²) in [4.78, 5) is 15.5. The number of hydrogen-bond donors (Lipinski definition) is 0. The Morgan fingerprint density at radius 2 is 1.68 bits per heavy atom. The number of rotatable bonds is 6. The van der Waals surface area contributed by atoms with Crippen LogP contribution in [0.1, 0.15) is 50.2 Å². The number of carbonyl (C=O) groups excluding carboxylic acids is 1. The molecule has 0 N–H and O–H groups in total. The molecule has 2 heterocycles. The lowest BCUT2D eigenvalue weighted by molar-refractivity contribution is -0.123. The average molecular weight is 487 g/mol. The van der Waals surface area contributed by atoms with Gasteiger partial charge in [-0.3, -0.25) is 4.79 Å². The number of methoxy groups -OCH3 is 2. The molecular formula is C26H34N2O5S. The molecule has 0 bridgehead atoms. The molecule has 0 unspecified atom stereocenters. The highest BCUT2D eigenvalue weighted by Gasteiger charge is 2.35. The Bertz CT molecular complexity index is 1150. The number of amides is 1. The number of fused-ring (bicyclic) bond motifs is 1. The normalized spacial score (nSPS) is 17.5. The third-order valence-electron chi connectivity index (χ3n) is 6.95. The highest BCUT2D eigenvalue weighted by molar-refractivity contribution is 7.89. The number of ether oxygens (including phenoxy) is 2. The van der Waals surface area contributed by atoms with Crippen LogP contribution in [0.25, 0.3) is 0 Å². The second-order valence-corrected chi connectivity index (χ2v) is 11.3. The van der Waals surface area contributed by atoms with Gasteiger partial charge in [-0.15, -0.1) is 0 Å². The van der Waals surface area contributed by atoms with E-state index in [1.807, 2.05) is 4.90 Å². The fourth-order valence-corrected chi connectivity index (χ4v) is 6.38. The van der Waals surface area contributed by atoms with Crippen molar-refractivity contribution in [3.8, 4) is 11.5 Å². The van der Waals surface area contributed by atoms with E-state index in [1.54, 1.807) is 6.07 Å². The van der Waals surface area contributed by atoms with E-state index >= 15 is 0 Å². The van der Waals surface area contributed by atoms with Crippen molar-refractivity contribution in [3.63, 3.8) is 0 Å². The summed E-state index contributed by atoms with van der Waals surface area (Å²) in [6, 6.07) is 11.1. The van der Waals surface area contributed by atoms with Crippen molar-refractivity contribution in [3.05, 3.63) is 47.5 Å². The van der Waals surface area contributed by atoms with Crippen molar-refractivity contribution in [2.24, 2.45) is 5.92 Å². The van der Waals surface area contributed by atoms with Crippen LogP contribution in [0.2, 0.25) is 0 Å². The topological polar surface area (TPSA) is 76.2 Å². The van der Waals surface area contributed by atoms with Gasteiger partial charge in [-0.05, 0) is 60.9 Å². The van der Waals surface area contributed by atoms with Gasteiger partial charge in [0.2, 0.25) is 15.9 Å². The van der Waals surface area contributed by atoms with Crippen LogP contribution in [0, 0.1) is 5.92 Å². The van der Waals surface area contributed by atoms with Crippen molar-refractivity contribution in [2.75, 3.05) is 38.8 Å². The molecule has 4 rings (SSSR count). The summed E-state index contributed by atoms with van der Waals surface area (Å²) in [6.07, 6.45) is 2.97. The average Bonchev–Trinajstić information content (AvgIpc) is 2.87. The van der Waals surface area contributed by atoms with Gasteiger partial charge in [0.15, 0.2) is 11.5 Å². The summed E-state index contributed by atoms with van der Waals surface area (Å²) in [5.74, 6) is 1.24. The number of carbonyl (C=O) groups is 1. The number of anilines is 1. The lowest BCUT2D eigenvalue weighted by Gasteiger charge is -2.36. The molecule has 0 aromatic heterocycles. The summed E-state index contributed by atoms with van der Waals surface area (Å²) < 4.78 is 38.4. The summed E-state index contributed by atoms with van der Waals surface area (Å²) in [7, 11) is -0.691.